The molecule has 0 radical (unpaired) electrons. The van der Waals surface area contributed by atoms with Crippen LogP contribution in [0, 0.1) is 6.92 Å². The van der Waals surface area contributed by atoms with Crippen molar-refractivity contribution < 1.29 is 13.6 Å². The van der Waals surface area contributed by atoms with E-state index < -0.39 is 17.8 Å². The van der Waals surface area contributed by atoms with Crippen LogP contribution in [0.5, 0.6) is 0 Å². The molecule has 2 aromatic heterocycles. The van der Waals surface area contributed by atoms with Gasteiger partial charge in [-0.05, 0) is 43.5 Å². The number of pyridine rings is 1. The van der Waals surface area contributed by atoms with E-state index in [0.29, 0.717) is 17.8 Å². The van der Waals surface area contributed by atoms with Crippen molar-refractivity contribution in [2.75, 3.05) is 0 Å². The van der Waals surface area contributed by atoms with Crippen molar-refractivity contribution in [1.82, 2.24) is 19.4 Å². The van der Waals surface area contributed by atoms with Crippen LogP contribution in [0.3, 0.4) is 0 Å². The van der Waals surface area contributed by atoms with Gasteiger partial charge in [0, 0.05) is 54.5 Å². The predicted octanol–water partition coefficient (Wildman–Crippen LogP) is 5.52. The van der Waals surface area contributed by atoms with Gasteiger partial charge in [0.25, 0.3) is 12.3 Å². The summed E-state index contributed by atoms with van der Waals surface area (Å²) in [5.74, 6) is -0.511. The number of imidazole rings is 1. The summed E-state index contributed by atoms with van der Waals surface area (Å²) in [7, 11) is 0. The van der Waals surface area contributed by atoms with Gasteiger partial charge >= 0.3 is 0 Å². The largest absolute Gasteiger partial charge is 0.348 e. The van der Waals surface area contributed by atoms with Crippen molar-refractivity contribution in [1.29, 1.82) is 0 Å². The van der Waals surface area contributed by atoms with Gasteiger partial charge in [0.05, 0.1) is 6.33 Å². The second-order valence-electron chi connectivity index (χ2n) is 8.99. The molecule has 2 heterocycles. The van der Waals surface area contributed by atoms with Gasteiger partial charge in [0.2, 0.25) is 5.43 Å². The lowest BCUT2D eigenvalue weighted by Crippen LogP contribution is -2.31. The van der Waals surface area contributed by atoms with E-state index in [1.807, 2.05) is 53.4 Å². The zero-order valence-electron chi connectivity index (χ0n) is 20.4. The third-order valence-electron chi connectivity index (χ3n) is 6.12. The molecule has 4 rings (SSSR count). The van der Waals surface area contributed by atoms with E-state index in [-0.39, 0.29) is 29.3 Å². The molecule has 186 valence electrons. The minimum atomic E-state index is -2.66. The molecule has 0 aliphatic carbocycles. The van der Waals surface area contributed by atoms with Crippen LogP contribution in [0.2, 0.25) is 0 Å². The SMILES string of the molecule is Cc1c(-c2cccc(C(F)F)c2)c(=O)c(C(=O)NCc2ccc(Cn3ccnc3)cc2)cn1C(C)C. The molecular formula is C28H28F2N4O2. The Morgan fingerprint density at radius 2 is 1.81 bits per heavy atom. The van der Waals surface area contributed by atoms with Crippen molar-refractivity contribution in [3.8, 4) is 11.1 Å². The number of amides is 1. The lowest BCUT2D eigenvalue weighted by molar-refractivity contribution is 0.0949. The molecule has 1 amide bonds. The molecule has 0 spiro atoms. The number of rotatable bonds is 8. The lowest BCUT2D eigenvalue weighted by atomic mass is 9.98. The molecule has 6 nitrogen and oxygen atoms in total. The van der Waals surface area contributed by atoms with Crippen molar-refractivity contribution in [3.63, 3.8) is 0 Å². The Morgan fingerprint density at radius 3 is 2.44 bits per heavy atom. The van der Waals surface area contributed by atoms with Gasteiger partial charge in [0.15, 0.2) is 0 Å². The summed E-state index contributed by atoms with van der Waals surface area (Å²) in [4.78, 5) is 30.6. The average Bonchev–Trinajstić information content (AvgIpc) is 3.36. The summed E-state index contributed by atoms with van der Waals surface area (Å²) in [6.07, 6.45) is 4.25. The van der Waals surface area contributed by atoms with Gasteiger partial charge in [0.1, 0.15) is 5.56 Å². The van der Waals surface area contributed by atoms with E-state index in [1.54, 1.807) is 31.7 Å². The first-order valence-electron chi connectivity index (χ1n) is 11.7. The highest BCUT2D eigenvalue weighted by Crippen LogP contribution is 2.27. The van der Waals surface area contributed by atoms with Crippen LogP contribution in [-0.4, -0.2) is 20.0 Å². The van der Waals surface area contributed by atoms with Crippen LogP contribution in [0.25, 0.3) is 11.1 Å². The molecule has 36 heavy (non-hydrogen) atoms. The third kappa shape index (κ3) is 5.43. The van der Waals surface area contributed by atoms with Crippen LogP contribution in [0.15, 0.2) is 78.2 Å². The number of hydrogen-bond acceptors (Lipinski definition) is 3. The Balaban J connectivity index is 1.59. The molecule has 0 bridgehead atoms. The Hall–Kier alpha value is -4.07. The van der Waals surface area contributed by atoms with Crippen molar-refractivity contribution >= 4 is 5.91 Å². The van der Waals surface area contributed by atoms with E-state index in [2.05, 4.69) is 10.3 Å². The van der Waals surface area contributed by atoms with E-state index in [1.165, 1.54) is 18.2 Å². The zero-order chi connectivity index (χ0) is 25.8. The monoisotopic (exact) mass is 490 g/mol. The highest BCUT2D eigenvalue weighted by atomic mass is 19.3. The standard InChI is InChI=1S/C28H28F2N4O2/c1-18(2)34-16-24(26(35)25(19(34)3)22-5-4-6-23(13-22)27(29)30)28(36)32-14-20-7-9-21(10-8-20)15-33-12-11-31-17-33/h4-13,16-18,27H,14-15H2,1-3H3,(H,32,36). The first-order chi connectivity index (χ1) is 17.2. The average molecular weight is 491 g/mol. The second-order valence-corrected chi connectivity index (χ2v) is 8.99. The predicted molar refractivity (Wildman–Crippen MR) is 135 cm³/mol. The Bertz CT molecular complexity index is 1410. The van der Waals surface area contributed by atoms with Crippen LogP contribution < -0.4 is 10.7 Å². The molecule has 4 aromatic rings. The second kappa shape index (κ2) is 10.7. The molecule has 0 atom stereocenters. The maximum absolute atomic E-state index is 13.4. The van der Waals surface area contributed by atoms with Crippen LogP contribution in [0.4, 0.5) is 8.78 Å². The minimum absolute atomic E-state index is 0.0246. The van der Waals surface area contributed by atoms with Crippen LogP contribution in [-0.2, 0) is 13.1 Å². The first kappa shape index (κ1) is 25.0. The fourth-order valence-corrected chi connectivity index (χ4v) is 4.22. The molecule has 1 N–H and O–H groups in total. The van der Waals surface area contributed by atoms with Gasteiger partial charge in [-0.3, -0.25) is 9.59 Å². The van der Waals surface area contributed by atoms with Gasteiger partial charge in [-0.2, -0.15) is 0 Å². The fraction of sp³-hybridized carbons (Fsp3) is 0.250. The van der Waals surface area contributed by atoms with E-state index in [0.717, 1.165) is 11.1 Å². The summed E-state index contributed by atoms with van der Waals surface area (Å²) in [6, 6.07) is 13.5. The fourth-order valence-electron chi connectivity index (χ4n) is 4.22. The number of carbonyl (C=O) groups excluding carboxylic acids is 1. The van der Waals surface area contributed by atoms with Gasteiger partial charge in [-0.15, -0.1) is 0 Å². The molecule has 0 saturated heterocycles. The quantitative estimate of drug-likeness (QED) is 0.354. The summed E-state index contributed by atoms with van der Waals surface area (Å²) in [5.41, 5.74) is 2.54. The Labute approximate surface area is 208 Å². The van der Waals surface area contributed by atoms with Crippen LogP contribution >= 0.6 is 0 Å². The molecule has 0 aliphatic rings. The van der Waals surface area contributed by atoms with Crippen molar-refractivity contribution in [2.45, 2.75) is 46.3 Å². The Morgan fingerprint density at radius 1 is 1.08 bits per heavy atom. The molecule has 0 unspecified atom stereocenters. The van der Waals surface area contributed by atoms with Crippen molar-refractivity contribution in [2.24, 2.45) is 0 Å². The zero-order valence-corrected chi connectivity index (χ0v) is 20.4. The first-order valence-corrected chi connectivity index (χ1v) is 11.7. The summed E-state index contributed by atoms with van der Waals surface area (Å²) in [5, 5.41) is 2.83. The topological polar surface area (TPSA) is 68.9 Å². The number of halogens is 2. The summed E-state index contributed by atoms with van der Waals surface area (Å²) < 4.78 is 30.4. The Kier molecular flexibility index (Phi) is 7.43. The molecule has 0 aliphatic heterocycles. The minimum Gasteiger partial charge on any atom is -0.348 e. The van der Waals surface area contributed by atoms with E-state index >= 15 is 0 Å². The van der Waals surface area contributed by atoms with Gasteiger partial charge in [-0.1, -0.05) is 42.5 Å². The van der Waals surface area contributed by atoms with E-state index in [4.69, 9.17) is 0 Å². The summed E-state index contributed by atoms with van der Waals surface area (Å²) in [6.45, 7) is 6.57. The highest BCUT2D eigenvalue weighted by molar-refractivity contribution is 5.95. The van der Waals surface area contributed by atoms with Gasteiger partial charge in [-0.25, -0.2) is 13.8 Å². The lowest BCUT2D eigenvalue weighted by Gasteiger charge is -2.20. The number of aromatic nitrogens is 3. The number of benzene rings is 2. The van der Waals surface area contributed by atoms with Crippen LogP contribution in [0.1, 0.15) is 59.1 Å². The number of alkyl halides is 2. The molecule has 0 fully saturated rings. The summed E-state index contributed by atoms with van der Waals surface area (Å²) >= 11 is 0. The third-order valence-corrected chi connectivity index (χ3v) is 6.12. The number of nitrogens with one attached hydrogen (secondary N) is 1. The molecule has 0 saturated carbocycles. The molecule has 2 aromatic carbocycles. The smallest absolute Gasteiger partial charge is 0.263 e. The van der Waals surface area contributed by atoms with E-state index in [9.17, 15) is 18.4 Å². The number of nitrogens with zero attached hydrogens (tertiary/aromatic N) is 3. The maximum Gasteiger partial charge on any atom is 0.263 e. The van der Waals surface area contributed by atoms with Crippen molar-refractivity contribution in [3.05, 3.63) is 112 Å². The highest BCUT2D eigenvalue weighted by Gasteiger charge is 2.21. The molecule has 8 heteroatoms. The number of carbonyl (C=O) groups is 1. The number of hydrogen-bond donors (Lipinski definition) is 1. The normalized spacial score (nSPS) is 11.3. The maximum atomic E-state index is 13.4. The molecular weight excluding hydrogens is 462 g/mol. The van der Waals surface area contributed by atoms with Gasteiger partial charge < -0.3 is 14.5 Å².